The molecule has 27 heavy (non-hydrogen) atoms. The van der Waals surface area contributed by atoms with Crippen molar-refractivity contribution in [2.45, 2.75) is 0 Å². The van der Waals surface area contributed by atoms with Gasteiger partial charge >= 0.3 is 0 Å². The Kier molecular flexibility index (Phi) is 4.69. The molecule has 1 heterocycles. The lowest BCUT2D eigenvalue weighted by molar-refractivity contribution is 0.627. The molecule has 0 atom stereocenters. The summed E-state index contributed by atoms with van der Waals surface area (Å²) in [5, 5.41) is 0.633. The first-order valence-electron chi connectivity index (χ1n) is 8.30. The van der Waals surface area contributed by atoms with Crippen molar-refractivity contribution in [1.82, 2.24) is 4.98 Å². The Morgan fingerprint density at radius 1 is 0.667 bits per heavy atom. The van der Waals surface area contributed by atoms with E-state index in [1.807, 2.05) is 12.1 Å². The van der Waals surface area contributed by atoms with Gasteiger partial charge < -0.3 is 0 Å². The topological polar surface area (TPSA) is 12.9 Å². The summed E-state index contributed by atoms with van der Waals surface area (Å²) in [6, 6.07) is 23.0. The van der Waals surface area contributed by atoms with Crippen LogP contribution in [0, 0.1) is 17.7 Å². The lowest BCUT2D eigenvalue weighted by Gasteiger charge is -2.12. The zero-order valence-electron chi connectivity index (χ0n) is 14.1. The Hall–Kier alpha value is -3.04. The lowest BCUT2D eigenvalue weighted by Crippen LogP contribution is -1.92. The molecule has 4 rings (SSSR count). The normalized spacial score (nSPS) is 10.8. The van der Waals surface area contributed by atoms with Crippen molar-refractivity contribution in [3.8, 4) is 33.5 Å². The summed E-state index contributed by atoms with van der Waals surface area (Å²) in [6.45, 7) is 0. The summed E-state index contributed by atoms with van der Waals surface area (Å²) in [6.07, 6.45) is 1.70. The summed E-state index contributed by atoms with van der Waals surface area (Å²) in [4.78, 5) is 4.61. The molecule has 0 unspecified atom stereocenters. The molecule has 0 bridgehead atoms. The highest BCUT2D eigenvalue weighted by molar-refractivity contribution is 6.30. The highest BCUT2D eigenvalue weighted by Gasteiger charge is 2.12. The van der Waals surface area contributed by atoms with E-state index in [2.05, 4.69) is 11.1 Å². The molecule has 4 heteroatoms. The molecular weight excluding hydrogens is 364 g/mol. The van der Waals surface area contributed by atoms with E-state index in [1.165, 1.54) is 24.3 Å². The van der Waals surface area contributed by atoms with Crippen LogP contribution in [0.2, 0.25) is 5.02 Å². The average Bonchev–Trinajstić information content (AvgIpc) is 2.69. The molecule has 0 aliphatic rings. The molecule has 1 aromatic heterocycles. The fourth-order valence-electron chi connectivity index (χ4n) is 2.85. The lowest BCUT2D eigenvalue weighted by atomic mass is 9.96. The van der Waals surface area contributed by atoms with Crippen molar-refractivity contribution in [2.24, 2.45) is 0 Å². The van der Waals surface area contributed by atoms with Crippen LogP contribution in [0.3, 0.4) is 0 Å². The van der Waals surface area contributed by atoms with Crippen molar-refractivity contribution in [2.75, 3.05) is 0 Å². The summed E-state index contributed by atoms with van der Waals surface area (Å²) in [5.74, 6) is -0.613. The first-order valence-corrected chi connectivity index (χ1v) is 8.68. The Labute approximate surface area is 160 Å². The summed E-state index contributed by atoms with van der Waals surface area (Å²) in [5.41, 5.74) is 4.64. The monoisotopic (exact) mass is 376 g/mol. The van der Waals surface area contributed by atoms with Crippen molar-refractivity contribution in [3.05, 3.63) is 102 Å². The minimum absolute atomic E-state index is 0.303. The smallest absolute Gasteiger partial charge is 0.123 e. The van der Waals surface area contributed by atoms with Gasteiger partial charge in [-0.1, -0.05) is 48.0 Å². The number of hydrogen-bond donors (Lipinski definition) is 0. The van der Waals surface area contributed by atoms with E-state index in [1.54, 1.807) is 42.6 Å². The molecule has 0 aliphatic heterocycles. The van der Waals surface area contributed by atoms with Crippen LogP contribution in [0.15, 0.2) is 79.0 Å². The van der Waals surface area contributed by atoms with Gasteiger partial charge in [-0.3, -0.25) is 4.98 Å². The van der Waals surface area contributed by atoms with Crippen LogP contribution in [0.1, 0.15) is 0 Å². The molecule has 0 saturated carbocycles. The molecule has 1 nitrogen and oxygen atoms in total. The number of hydrogen-bond acceptors (Lipinski definition) is 1. The van der Waals surface area contributed by atoms with Gasteiger partial charge in [-0.05, 0) is 47.5 Å². The first kappa shape index (κ1) is 17.4. The molecule has 0 saturated heterocycles. The number of halogens is 3. The third-order valence-corrected chi connectivity index (χ3v) is 4.48. The van der Waals surface area contributed by atoms with Gasteiger partial charge in [0, 0.05) is 34.0 Å². The Balaban J connectivity index is 1.89. The van der Waals surface area contributed by atoms with Crippen molar-refractivity contribution in [3.63, 3.8) is 0 Å². The molecule has 131 valence electrons. The molecule has 0 N–H and O–H groups in total. The van der Waals surface area contributed by atoms with Gasteiger partial charge in [0.15, 0.2) is 0 Å². The van der Waals surface area contributed by atoms with Crippen LogP contribution in [0.25, 0.3) is 33.5 Å². The number of aromatic nitrogens is 1. The van der Waals surface area contributed by atoms with Gasteiger partial charge in [0.25, 0.3) is 0 Å². The van der Waals surface area contributed by atoms with Gasteiger partial charge in [-0.25, -0.2) is 8.78 Å². The van der Waals surface area contributed by atoms with Gasteiger partial charge in [0.05, 0.1) is 5.69 Å². The molecule has 0 spiro atoms. The summed E-state index contributed by atoms with van der Waals surface area (Å²) in [7, 11) is 0. The summed E-state index contributed by atoms with van der Waals surface area (Å²) >= 11 is 5.99. The third kappa shape index (κ3) is 3.74. The van der Waals surface area contributed by atoms with Crippen molar-refractivity contribution >= 4 is 11.6 Å². The van der Waals surface area contributed by atoms with Crippen LogP contribution in [0.4, 0.5) is 8.78 Å². The van der Waals surface area contributed by atoms with Crippen LogP contribution >= 0.6 is 11.6 Å². The highest BCUT2D eigenvalue weighted by Crippen LogP contribution is 2.34. The fourth-order valence-corrected chi connectivity index (χ4v) is 2.97. The first-order chi connectivity index (χ1) is 13.1. The quantitative estimate of drug-likeness (QED) is 0.382. The van der Waals surface area contributed by atoms with Crippen molar-refractivity contribution in [1.29, 1.82) is 0 Å². The second kappa shape index (κ2) is 7.29. The van der Waals surface area contributed by atoms with Crippen LogP contribution in [-0.2, 0) is 0 Å². The second-order valence-corrected chi connectivity index (χ2v) is 6.48. The van der Waals surface area contributed by atoms with Crippen LogP contribution in [-0.4, -0.2) is 4.98 Å². The standard InChI is InChI=1S/C23H13ClF2N/c24-19-7-1-17(2-8-19)23-22(16-5-11-21(26)12-6-16)13-18(14-27-23)15-3-9-20(25)10-4-15/h1-12,14H. The average molecular weight is 377 g/mol. The van der Waals surface area contributed by atoms with Gasteiger partial charge in [-0.15, -0.1) is 0 Å². The van der Waals surface area contributed by atoms with E-state index in [4.69, 9.17) is 11.6 Å². The predicted molar refractivity (Wildman–Crippen MR) is 104 cm³/mol. The van der Waals surface area contributed by atoms with E-state index in [0.717, 1.165) is 27.8 Å². The Morgan fingerprint density at radius 2 is 1.19 bits per heavy atom. The Bertz CT molecular complexity index is 1070. The van der Waals surface area contributed by atoms with Crippen LogP contribution < -0.4 is 0 Å². The molecule has 0 aliphatic carbocycles. The summed E-state index contributed by atoms with van der Waals surface area (Å²) < 4.78 is 26.6. The van der Waals surface area contributed by atoms with E-state index >= 15 is 0 Å². The maximum atomic E-state index is 13.4. The molecule has 0 fully saturated rings. The largest absolute Gasteiger partial charge is 0.255 e. The minimum atomic E-state index is -0.311. The van der Waals surface area contributed by atoms with E-state index < -0.39 is 0 Å². The van der Waals surface area contributed by atoms with Crippen molar-refractivity contribution < 1.29 is 8.78 Å². The van der Waals surface area contributed by atoms with E-state index in [9.17, 15) is 8.78 Å². The third-order valence-electron chi connectivity index (χ3n) is 4.23. The fraction of sp³-hybridized carbons (Fsp3) is 0. The molecule has 3 aromatic carbocycles. The second-order valence-electron chi connectivity index (χ2n) is 6.04. The highest BCUT2D eigenvalue weighted by atomic mass is 35.5. The Morgan fingerprint density at radius 3 is 1.78 bits per heavy atom. The zero-order valence-corrected chi connectivity index (χ0v) is 14.8. The molecule has 1 radical (unpaired) electrons. The van der Waals surface area contributed by atoms with E-state index in [0.29, 0.717) is 10.7 Å². The number of rotatable bonds is 3. The number of pyridine rings is 1. The van der Waals surface area contributed by atoms with Gasteiger partial charge in [0.2, 0.25) is 0 Å². The zero-order chi connectivity index (χ0) is 18.8. The molecule has 0 amide bonds. The van der Waals surface area contributed by atoms with Gasteiger partial charge in [-0.2, -0.15) is 0 Å². The van der Waals surface area contributed by atoms with E-state index in [-0.39, 0.29) is 11.6 Å². The minimum Gasteiger partial charge on any atom is -0.255 e. The molecule has 4 aromatic rings. The predicted octanol–water partition coefficient (Wildman–Crippen LogP) is 6.81. The van der Waals surface area contributed by atoms with Crippen LogP contribution in [0.5, 0.6) is 0 Å². The number of benzene rings is 3. The maximum Gasteiger partial charge on any atom is 0.123 e. The molecular formula is C23H13ClF2N. The maximum absolute atomic E-state index is 13.4. The SMILES string of the molecule is Fc1ccc(-c2[c]c(-c3ccc(F)cc3)c(-c3ccc(Cl)cc3)nc2)cc1. The number of nitrogens with zero attached hydrogens (tertiary/aromatic N) is 1. The van der Waals surface area contributed by atoms with Gasteiger partial charge in [0.1, 0.15) is 11.6 Å².